The first-order valence-electron chi connectivity index (χ1n) is 10.2. The van der Waals surface area contributed by atoms with Crippen LogP contribution in [0.3, 0.4) is 0 Å². The van der Waals surface area contributed by atoms with Crippen molar-refractivity contribution in [3.63, 3.8) is 0 Å². The SMILES string of the molecule is O=C(c1ccccn1)N1CC[C@]2(CCCN(CCCc3ccccc3)C2=O)C1. The van der Waals surface area contributed by atoms with Gasteiger partial charge < -0.3 is 9.80 Å². The summed E-state index contributed by atoms with van der Waals surface area (Å²) >= 11 is 0. The van der Waals surface area contributed by atoms with Crippen molar-refractivity contribution in [3.8, 4) is 0 Å². The van der Waals surface area contributed by atoms with Gasteiger partial charge in [-0.25, -0.2) is 0 Å². The highest BCUT2D eigenvalue weighted by Gasteiger charge is 2.49. The van der Waals surface area contributed by atoms with Gasteiger partial charge in [0.1, 0.15) is 5.69 Å². The molecule has 3 heterocycles. The topological polar surface area (TPSA) is 53.5 Å². The van der Waals surface area contributed by atoms with E-state index in [1.807, 2.05) is 21.9 Å². The first-order chi connectivity index (χ1) is 13.7. The van der Waals surface area contributed by atoms with Crippen molar-refractivity contribution in [2.45, 2.75) is 32.1 Å². The summed E-state index contributed by atoms with van der Waals surface area (Å²) in [6.45, 7) is 2.79. The Hall–Kier alpha value is -2.69. The molecule has 1 aromatic heterocycles. The van der Waals surface area contributed by atoms with Crippen LogP contribution in [0.1, 0.15) is 41.7 Å². The van der Waals surface area contributed by atoms with Crippen molar-refractivity contribution < 1.29 is 9.59 Å². The number of nitrogens with zero attached hydrogens (tertiary/aromatic N) is 3. The molecule has 0 radical (unpaired) electrons. The lowest BCUT2D eigenvalue weighted by Gasteiger charge is -2.39. The van der Waals surface area contributed by atoms with Crippen LogP contribution in [0.4, 0.5) is 0 Å². The van der Waals surface area contributed by atoms with E-state index in [2.05, 4.69) is 29.2 Å². The second-order valence-corrected chi connectivity index (χ2v) is 7.96. The summed E-state index contributed by atoms with van der Waals surface area (Å²) in [4.78, 5) is 34.0. The number of amides is 2. The summed E-state index contributed by atoms with van der Waals surface area (Å²) < 4.78 is 0. The monoisotopic (exact) mass is 377 g/mol. The van der Waals surface area contributed by atoms with E-state index in [1.165, 1.54) is 5.56 Å². The Balaban J connectivity index is 1.37. The van der Waals surface area contributed by atoms with Gasteiger partial charge in [0.15, 0.2) is 0 Å². The molecule has 1 aromatic carbocycles. The summed E-state index contributed by atoms with van der Waals surface area (Å²) in [5, 5.41) is 0. The Kier molecular flexibility index (Phi) is 5.42. The third-order valence-corrected chi connectivity index (χ3v) is 6.09. The van der Waals surface area contributed by atoms with Gasteiger partial charge in [-0.2, -0.15) is 0 Å². The van der Waals surface area contributed by atoms with Crippen LogP contribution in [0, 0.1) is 5.41 Å². The Bertz CT molecular complexity index is 824. The lowest BCUT2D eigenvalue weighted by atomic mass is 9.78. The number of aryl methyl sites for hydroxylation is 1. The fourth-order valence-corrected chi connectivity index (χ4v) is 4.56. The normalized spacial score (nSPS) is 22.1. The van der Waals surface area contributed by atoms with Gasteiger partial charge in [-0.1, -0.05) is 36.4 Å². The number of aromatic nitrogens is 1. The minimum Gasteiger partial charge on any atom is -0.342 e. The zero-order valence-corrected chi connectivity index (χ0v) is 16.2. The smallest absolute Gasteiger partial charge is 0.272 e. The minimum absolute atomic E-state index is 0.0634. The van der Waals surface area contributed by atoms with Crippen molar-refractivity contribution in [2.75, 3.05) is 26.2 Å². The summed E-state index contributed by atoms with van der Waals surface area (Å²) in [6, 6.07) is 15.8. The molecular formula is C23H27N3O2. The van der Waals surface area contributed by atoms with E-state index >= 15 is 0 Å². The zero-order chi connectivity index (χ0) is 19.4. The molecule has 2 amide bonds. The summed E-state index contributed by atoms with van der Waals surface area (Å²) in [7, 11) is 0. The number of hydrogen-bond acceptors (Lipinski definition) is 3. The van der Waals surface area contributed by atoms with E-state index in [9.17, 15) is 9.59 Å². The average molecular weight is 377 g/mol. The van der Waals surface area contributed by atoms with Gasteiger partial charge in [0, 0.05) is 32.4 Å². The van der Waals surface area contributed by atoms with Crippen LogP contribution in [0.2, 0.25) is 0 Å². The highest BCUT2D eigenvalue weighted by molar-refractivity contribution is 5.93. The van der Waals surface area contributed by atoms with Crippen LogP contribution in [0.5, 0.6) is 0 Å². The molecule has 2 saturated heterocycles. The Morgan fingerprint density at radius 2 is 1.86 bits per heavy atom. The van der Waals surface area contributed by atoms with Gasteiger partial charge in [-0.05, 0) is 49.8 Å². The van der Waals surface area contributed by atoms with Gasteiger partial charge in [0.05, 0.1) is 5.41 Å². The van der Waals surface area contributed by atoms with Crippen LogP contribution in [0.15, 0.2) is 54.7 Å². The van der Waals surface area contributed by atoms with E-state index < -0.39 is 5.41 Å². The number of carbonyl (C=O) groups is 2. The molecular weight excluding hydrogens is 350 g/mol. The fourth-order valence-electron chi connectivity index (χ4n) is 4.56. The Morgan fingerprint density at radius 3 is 2.64 bits per heavy atom. The molecule has 2 aliphatic heterocycles. The maximum atomic E-state index is 13.3. The van der Waals surface area contributed by atoms with Crippen molar-refractivity contribution >= 4 is 11.8 Å². The molecule has 146 valence electrons. The highest BCUT2D eigenvalue weighted by Crippen LogP contribution is 2.40. The largest absolute Gasteiger partial charge is 0.342 e. The maximum Gasteiger partial charge on any atom is 0.272 e. The molecule has 0 unspecified atom stereocenters. The Labute approximate surface area is 166 Å². The van der Waals surface area contributed by atoms with Crippen molar-refractivity contribution in [1.29, 1.82) is 0 Å². The number of carbonyl (C=O) groups excluding carboxylic acids is 2. The molecule has 0 saturated carbocycles. The lowest BCUT2D eigenvalue weighted by Crippen LogP contribution is -2.50. The molecule has 28 heavy (non-hydrogen) atoms. The molecule has 2 fully saturated rings. The van der Waals surface area contributed by atoms with Crippen LogP contribution in [0.25, 0.3) is 0 Å². The number of pyridine rings is 1. The van der Waals surface area contributed by atoms with Crippen molar-refractivity contribution in [2.24, 2.45) is 5.41 Å². The summed E-state index contributed by atoms with van der Waals surface area (Å²) in [5.41, 5.74) is 1.38. The van der Waals surface area contributed by atoms with E-state index in [0.717, 1.165) is 45.2 Å². The number of piperidine rings is 1. The third kappa shape index (κ3) is 3.79. The zero-order valence-electron chi connectivity index (χ0n) is 16.2. The van der Waals surface area contributed by atoms with Gasteiger partial charge in [0.2, 0.25) is 5.91 Å². The quantitative estimate of drug-likeness (QED) is 0.804. The fraction of sp³-hybridized carbons (Fsp3) is 0.435. The number of rotatable bonds is 5. The van der Waals surface area contributed by atoms with Gasteiger partial charge in [-0.3, -0.25) is 14.6 Å². The van der Waals surface area contributed by atoms with E-state index in [1.54, 1.807) is 18.3 Å². The first-order valence-corrected chi connectivity index (χ1v) is 10.2. The molecule has 1 atom stereocenters. The molecule has 0 N–H and O–H groups in total. The molecule has 0 aliphatic carbocycles. The van der Waals surface area contributed by atoms with E-state index in [0.29, 0.717) is 18.8 Å². The standard InChI is InChI=1S/C23H27N3O2/c27-21(20-11-4-5-14-24-20)26-17-13-23(18-26)12-7-16-25(22(23)28)15-6-10-19-8-2-1-3-9-19/h1-5,8-9,11,14H,6-7,10,12-13,15-18H2/t23-/m1/s1. The third-order valence-electron chi connectivity index (χ3n) is 6.09. The lowest BCUT2D eigenvalue weighted by molar-refractivity contribution is -0.145. The second-order valence-electron chi connectivity index (χ2n) is 7.96. The van der Waals surface area contributed by atoms with Gasteiger partial charge >= 0.3 is 0 Å². The molecule has 5 nitrogen and oxygen atoms in total. The van der Waals surface area contributed by atoms with Gasteiger partial charge in [0.25, 0.3) is 5.91 Å². The molecule has 1 spiro atoms. The molecule has 2 aromatic rings. The second kappa shape index (κ2) is 8.13. The van der Waals surface area contributed by atoms with Gasteiger partial charge in [-0.15, -0.1) is 0 Å². The predicted molar refractivity (Wildman–Crippen MR) is 108 cm³/mol. The number of hydrogen-bond donors (Lipinski definition) is 0. The predicted octanol–water partition coefficient (Wildman–Crippen LogP) is 3.17. The molecule has 4 rings (SSSR count). The minimum atomic E-state index is -0.393. The van der Waals surface area contributed by atoms with E-state index in [4.69, 9.17) is 0 Å². The van der Waals surface area contributed by atoms with Crippen molar-refractivity contribution in [3.05, 3.63) is 66.0 Å². The first kappa shape index (κ1) is 18.7. The van der Waals surface area contributed by atoms with Crippen LogP contribution in [-0.2, 0) is 11.2 Å². The maximum absolute atomic E-state index is 13.3. The average Bonchev–Trinajstić information content (AvgIpc) is 3.17. The highest BCUT2D eigenvalue weighted by atomic mass is 16.2. The number of likely N-dealkylation sites (tertiary alicyclic amines) is 2. The van der Waals surface area contributed by atoms with Crippen LogP contribution < -0.4 is 0 Å². The van der Waals surface area contributed by atoms with Crippen molar-refractivity contribution in [1.82, 2.24) is 14.8 Å². The Morgan fingerprint density at radius 1 is 1.04 bits per heavy atom. The van der Waals surface area contributed by atoms with E-state index in [-0.39, 0.29) is 11.8 Å². The molecule has 0 bridgehead atoms. The van der Waals surface area contributed by atoms with Crippen LogP contribution >= 0.6 is 0 Å². The number of benzene rings is 1. The van der Waals surface area contributed by atoms with Crippen LogP contribution in [-0.4, -0.2) is 52.8 Å². The summed E-state index contributed by atoms with van der Waals surface area (Å²) in [6.07, 6.45) is 6.26. The molecule has 5 heteroatoms. The summed E-state index contributed by atoms with van der Waals surface area (Å²) in [5.74, 6) is 0.176. The molecule has 2 aliphatic rings.